The Bertz CT molecular complexity index is 873. The second-order valence-electron chi connectivity index (χ2n) is 8.85. The van der Waals surface area contributed by atoms with Crippen LogP contribution in [0, 0.1) is 0 Å². The topological polar surface area (TPSA) is 66.9 Å². The van der Waals surface area contributed by atoms with Gasteiger partial charge in [-0.25, -0.2) is 0 Å². The van der Waals surface area contributed by atoms with Crippen LogP contribution in [0.25, 0.3) is 0 Å². The van der Waals surface area contributed by atoms with E-state index in [1.165, 1.54) is 5.56 Å². The number of carbonyl (C=O) groups excluding carboxylic acids is 1. The Kier molecular flexibility index (Phi) is 8.69. The molecule has 1 N–H and O–H groups in total. The van der Waals surface area contributed by atoms with E-state index in [1.807, 2.05) is 18.2 Å². The van der Waals surface area contributed by atoms with Crippen molar-refractivity contribution < 1.29 is 14.3 Å². The first-order valence-electron chi connectivity index (χ1n) is 12.2. The van der Waals surface area contributed by atoms with E-state index in [9.17, 15) is 4.79 Å². The Hall–Kier alpha value is -2.48. The molecule has 33 heavy (non-hydrogen) atoms. The molecule has 7 nitrogen and oxygen atoms in total. The van der Waals surface area contributed by atoms with Crippen molar-refractivity contribution in [3.05, 3.63) is 59.9 Å². The highest BCUT2D eigenvalue weighted by molar-refractivity contribution is 5.83. The van der Waals surface area contributed by atoms with Crippen molar-refractivity contribution in [1.29, 1.82) is 0 Å². The third-order valence-corrected chi connectivity index (χ3v) is 6.39. The summed E-state index contributed by atoms with van der Waals surface area (Å²) in [5, 5.41) is 3.20. The molecule has 2 aromatic rings. The molecule has 4 rings (SSSR count). The van der Waals surface area contributed by atoms with Gasteiger partial charge in [-0.05, 0) is 30.5 Å². The summed E-state index contributed by atoms with van der Waals surface area (Å²) < 4.78 is 11.8. The number of nitrogens with zero attached hydrogens (tertiary/aromatic N) is 3. The van der Waals surface area contributed by atoms with Crippen molar-refractivity contribution in [2.45, 2.75) is 44.9 Å². The minimum atomic E-state index is -0.340. The predicted molar refractivity (Wildman–Crippen MR) is 128 cm³/mol. The number of fused-ring (bicyclic) bond motifs is 1. The van der Waals surface area contributed by atoms with Gasteiger partial charge in [0.15, 0.2) is 0 Å². The standard InChI is InChI=1S/C26H36N4O3/c1-2-3-9-23-20-29(19-22-7-4-5-10-24(22)33-23)13-12-28-26(31)25(21-8-6-11-27-18-21)30-14-16-32-17-15-30/h4-8,10-11,18,23,25H,2-3,9,12-17,19-20H2,1H3,(H,28,31)/t23-,25-/m1/s1. The zero-order chi connectivity index (χ0) is 22.9. The zero-order valence-electron chi connectivity index (χ0n) is 19.6. The molecule has 3 heterocycles. The van der Waals surface area contributed by atoms with Crippen LogP contribution in [0.3, 0.4) is 0 Å². The second kappa shape index (κ2) is 12.1. The molecule has 1 aromatic heterocycles. The van der Waals surface area contributed by atoms with Gasteiger partial charge < -0.3 is 14.8 Å². The number of pyridine rings is 1. The largest absolute Gasteiger partial charge is 0.489 e. The van der Waals surface area contributed by atoms with E-state index in [0.29, 0.717) is 19.8 Å². The van der Waals surface area contributed by atoms with E-state index in [4.69, 9.17) is 9.47 Å². The van der Waals surface area contributed by atoms with Crippen LogP contribution in [0.4, 0.5) is 0 Å². The number of nitrogens with one attached hydrogen (secondary N) is 1. The number of amides is 1. The van der Waals surface area contributed by atoms with Crippen LogP contribution < -0.4 is 10.1 Å². The maximum atomic E-state index is 13.3. The normalized spacial score (nSPS) is 20.3. The molecule has 0 radical (unpaired) electrons. The minimum absolute atomic E-state index is 0.0268. The number of benzene rings is 1. The van der Waals surface area contributed by atoms with E-state index in [-0.39, 0.29) is 18.1 Å². The molecule has 1 amide bonds. The lowest BCUT2D eigenvalue weighted by atomic mass is 10.1. The summed E-state index contributed by atoms with van der Waals surface area (Å²) in [7, 11) is 0. The van der Waals surface area contributed by atoms with Crippen LogP contribution in [0.1, 0.15) is 43.4 Å². The number of carbonyl (C=O) groups is 1. The summed E-state index contributed by atoms with van der Waals surface area (Å²) in [5.74, 6) is 1.02. The number of hydrogen-bond donors (Lipinski definition) is 1. The number of hydrogen-bond acceptors (Lipinski definition) is 6. The Morgan fingerprint density at radius 3 is 2.85 bits per heavy atom. The van der Waals surface area contributed by atoms with Crippen LogP contribution in [0.15, 0.2) is 48.8 Å². The SMILES string of the molecule is CCCC[C@@H]1CN(CCNC(=O)[C@@H](c2cccnc2)N2CCOCC2)Cc2ccccc2O1. The fourth-order valence-electron chi connectivity index (χ4n) is 4.65. The third kappa shape index (κ3) is 6.53. The van der Waals surface area contributed by atoms with E-state index in [0.717, 1.165) is 63.3 Å². The van der Waals surface area contributed by atoms with Gasteiger partial charge in [0.25, 0.3) is 0 Å². The number of ether oxygens (including phenoxy) is 2. The summed E-state index contributed by atoms with van der Waals surface area (Å²) >= 11 is 0. The maximum absolute atomic E-state index is 13.3. The van der Waals surface area contributed by atoms with Crippen molar-refractivity contribution in [2.75, 3.05) is 45.9 Å². The van der Waals surface area contributed by atoms with Gasteiger partial charge in [-0.15, -0.1) is 0 Å². The average Bonchev–Trinajstić information content (AvgIpc) is 3.03. The van der Waals surface area contributed by atoms with Gasteiger partial charge in [0.1, 0.15) is 17.9 Å². The molecule has 1 aromatic carbocycles. The van der Waals surface area contributed by atoms with E-state index in [1.54, 1.807) is 12.4 Å². The summed E-state index contributed by atoms with van der Waals surface area (Å²) in [6, 6.07) is 11.8. The predicted octanol–water partition coefficient (Wildman–Crippen LogP) is 3.02. The number of para-hydroxylation sites is 1. The molecule has 7 heteroatoms. The molecular weight excluding hydrogens is 416 g/mol. The zero-order valence-corrected chi connectivity index (χ0v) is 19.6. The first-order chi connectivity index (χ1) is 16.2. The number of morpholine rings is 1. The molecule has 0 bridgehead atoms. The molecule has 0 saturated carbocycles. The van der Waals surface area contributed by atoms with Gasteiger partial charge in [0.05, 0.1) is 13.2 Å². The lowest BCUT2D eigenvalue weighted by Gasteiger charge is -2.33. The van der Waals surface area contributed by atoms with Crippen LogP contribution in [0.5, 0.6) is 5.75 Å². The quantitative estimate of drug-likeness (QED) is 0.631. The highest BCUT2D eigenvalue weighted by Gasteiger charge is 2.29. The average molecular weight is 453 g/mol. The molecule has 2 atom stereocenters. The number of aromatic nitrogens is 1. The van der Waals surface area contributed by atoms with Crippen molar-refractivity contribution in [1.82, 2.24) is 20.1 Å². The maximum Gasteiger partial charge on any atom is 0.242 e. The molecule has 2 aliphatic heterocycles. The van der Waals surface area contributed by atoms with Crippen molar-refractivity contribution in [2.24, 2.45) is 0 Å². The van der Waals surface area contributed by atoms with Crippen molar-refractivity contribution in [3.8, 4) is 5.75 Å². The number of rotatable bonds is 9. The van der Waals surface area contributed by atoms with Gasteiger partial charge in [0.2, 0.25) is 5.91 Å². The van der Waals surface area contributed by atoms with Crippen molar-refractivity contribution >= 4 is 5.91 Å². The fraction of sp³-hybridized carbons (Fsp3) is 0.538. The Morgan fingerprint density at radius 2 is 2.06 bits per heavy atom. The van der Waals surface area contributed by atoms with Gasteiger partial charge in [-0.2, -0.15) is 0 Å². The summed E-state index contributed by atoms with van der Waals surface area (Å²) in [6.07, 6.45) is 7.08. The van der Waals surface area contributed by atoms with E-state index in [2.05, 4.69) is 45.2 Å². The van der Waals surface area contributed by atoms with Crippen molar-refractivity contribution in [3.63, 3.8) is 0 Å². The lowest BCUT2D eigenvalue weighted by Crippen LogP contribution is -2.47. The van der Waals surface area contributed by atoms with Gasteiger partial charge >= 0.3 is 0 Å². The Labute approximate surface area is 197 Å². The summed E-state index contributed by atoms with van der Waals surface area (Å²) in [5.41, 5.74) is 2.14. The van der Waals surface area contributed by atoms with Gasteiger partial charge in [-0.3, -0.25) is 19.6 Å². The monoisotopic (exact) mass is 452 g/mol. The minimum Gasteiger partial charge on any atom is -0.489 e. The van der Waals surface area contributed by atoms with E-state index < -0.39 is 0 Å². The van der Waals surface area contributed by atoms with E-state index >= 15 is 0 Å². The molecule has 2 aliphatic rings. The molecule has 0 unspecified atom stereocenters. The summed E-state index contributed by atoms with van der Waals surface area (Å²) in [4.78, 5) is 22.1. The Morgan fingerprint density at radius 1 is 1.21 bits per heavy atom. The molecule has 0 aliphatic carbocycles. The van der Waals surface area contributed by atoms with Gasteiger partial charge in [-0.1, -0.05) is 37.6 Å². The first kappa shape index (κ1) is 23.7. The highest BCUT2D eigenvalue weighted by atomic mass is 16.5. The molecule has 1 fully saturated rings. The number of unbranched alkanes of at least 4 members (excludes halogenated alkanes) is 1. The smallest absolute Gasteiger partial charge is 0.242 e. The second-order valence-corrected chi connectivity index (χ2v) is 8.85. The highest BCUT2D eigenvalue weighted by Crippen LogP contribution is 2.26. The lowest BCUT2D eigenvalue weighted by molar-refractivity contribution is -0.128. The fourth-order valence-corrected chi connectivity index (χ4v) is 4.65. The van der Waals surface area contributed by atoms with Crippen LogP contribution in [-0.2, 0) is 16.1 Å². The Balaban J connectivity index is 1.38. The van der Waals surface area contributed by atoms with Crippen LogP contribution in [0.2, 0.25) is 0 Å². The summed E-state index contributed by atoms with van der Waals surface area (Å²) in [6.45, 7) is 8.10. The van der Waals surface area contributed by atoms with Gasteiger partial charge in [0, 0.05) is 57.2 Å². The molecular formula is C26H36N4O3. The first-order valence-corrected chi connectivity index (χ1v) is 12.2. The molecule has 1 saturated heterocycles. The third-order valence-electron chi connectivity index (χ3n) is 6.39. The van der Waals surface area contributed by atoms with Crippen LogP contribution in [-0.4, -0.2) is 72.7 Å². The molecule has 0 spiro atoms. The van der Waals surface area contributed by atoms with Crippen LogP contribution >= 0.6 is 0 Å². The molecule has 178 valence electrons.